The summed E-state index contributed by atoms with van der Waals surface area (Å²) >= 11 is 1.58. The average molecular weight is 364 g/mol. The number of piperidine rings is 1. The number of thiophene rings is 1. The number of aromatic nitrogens is 2. The van der Waals surface area contributed by atoms with Crippen molar-refractivity contribution >= 4 is 17.2 Å². The molecule has 3 aromatic rings. The molecule has 6 nitrogen and oxygen atoms in total. The Morgan fingerprint density at radius 3 is 2.85 bits per heavy atom. The second-order valence-corrected chi connectivity index (χ2v) is 7.14. The molecule has 0 atom stereocenters. The Bertz CT molecular complexity index is 950. The van der Waals surface area contributed by atoms with Crippen molar-refractivity contribution in [2.75, 3.05) is 13.1 Å². The van der Waals surface area contributed by atoms with Crippen LogP contribution in [0.5, 0.6) is 0 Å². The van der Waals surface area contributed by atoms with Crippen LogP contribution in [-0.2, 0) is 0 Å². The van der Waals surface area contributed by atoms with Gasteiger partial charge in [0.2, 0.25) is 11.7 Å². The largest absolute Gasteiger partial charge is 0.339 e. The zero-order chi connectivity index (χ0) is 17.9. The first-order valence-electron chi connectivity index (χ1n) is 8.41. The van der Waals surface area contributed by atoms with E-state index in [1.54, 1.807) is 35.6 Å². The number of hydrogen-bond donors (Lipinski definition) is 0. The van der Waals surface area contributed by atoms with E-state index in [0.717, 1.165) is 17.7 Å². The van der Waals surface area contributed by atoms with Gasteiger partial charge in [0.25, 0.3) is 5.91 Å². The highest BCUT2D eigenvalue weighted by molar-refractivity contribution is 7.13. The third-order valence-electron chi connectivity index (χ3n) is 4.55. The van der Waals surface area contributed by atoms with Crippen molar-refractivity contribution in [3.8, 4) is 16.8 Å². The first-order valence-corrected chi connectivity index (χ1v) is 9.29. The van der Waals surface area contributed by atoms with Gasteiger partial charge in [0.05, 0.1) is 16.5 Å². The highest BCUT2D eigenvalue weighted by Crippen LogP contribution is 2.30. The van der Waals surface area contributed by atoms with E-state index < -0.39 is 0 Å². The van der Waals surface area contributed by atoms with Crippen LogP contribution in [0.1, 0.15) is 40.6 Å². The molecule has 0 saturated carbocycles. The zero-order valence-corrected chi connectivity index (χ0v) is 14.8. The van der Waals surface area contributed by atoms with E-state index in [1.165, 1.54) is 0 Å². The molecule has 0 N–H and O–H groups in total. The molecular formula is C19H16N4O2S. The Morgan fingerprint density at radius 1 is 1.27 bits per heavy atom. The second-order valence-electron chi connectivity index (χ2n) is 6.19. The summed E-state index contributed by atoms with van der Waals surface area (Å²) < 4.78 is 5.44. The topological polar surface area (TPSA) is 83.0 Å². The van der Waals surface area contributed by atoms with Crippen molar-refractivity contribution in [3.05, 3.63) is 58.8 Å². The number of benzene rings is 1. The third kappa shape index (κ3) is 3.24. The molecule has 0 spiro atoms. The molecule has 1 amide bonds. The molecule has 0 aliphatic carbocycles. The molecule has 1 aliphatic heterocycles. The first-order chi connectivity index (χ1) is 12.7. The van der Waals surface area contributed by atoms with Crippen LogP contribution >= 0.6 is 11.3 Å². The average Bonchev–Trinajstić information content (AvgIpc) is 3.39. The number of amides is 1. The van der Waals surface area contributed by atoms with E-state index in [4.69, 9.17) is 9.78 Å². The van der Waals surface area contributed by atoms with Crippen LogP contribution < -0.4 is 0 Å². The number of hydrogen-bond acceptors (Lipinski definition) is 6. The maximum atomic E-state index is 12.6. The van der Waals surface area contributed by atoms with Crippen molar-refractivity contribution in [2.45, 2.75) is 18.8 Å². The number of rotatable bonds is 3. The number of nitrogens with zero attached hydrogens (tertiary/aromatic N) is 4. The monoisotopic (exact) mass is 364 g/mol. The van der Waals surface area contributed by atoms with Crippen LogP contribution in [0.25, 0.3) is 10.7 Å². The van der Waals surface area contributed by atoms with Crippen LogP contribution in [0, 0.1) is 11.3 Å². The molecule has 0 bridgehead atoms. The summed E-state index contributed by atoms with van der Waals surface area (Å²) in [6.45, 7) is 1.27. The van der Waals surface area contributed by atoms with E-state index in [1.807, 2.05) is 22.4 Å². The molecule has 1 aliphatic rings. The van der Waals surface area contributed by atoms with Gasteiger partial charge in [-0.05, 0) is 42.5 Å². The number of likely N-dealkylation sites (tertiary alicyclic amines) is 1. The van der Waals surface area contributed by atoms with Crippen molar-refractivity contribution < 1.29 is 9.32 Å². The van der Waals surface area contributed by atoms with Crippen molar-refractivity contribution in [1.29, 1.82) is 5.26 Å². The van der Waals surface area contributed by atoms with Crippen molar-refractivity contribution in [1.82, 2.24) is 15.0 Å². The molecule has 4 rings (SSSR count). The summed E-state index contributed by atoms with van der Waals surface area (Å²) in [6.07, 6.45) is 1.57. The van der Waals surface area contributed by atoms with Crippen molar-refractivity contribution in [2.24, 2.45) is 0 Å². The summed E-state index contributed by atoms with van der Waals surface area (Å²) in [7, 11) is 0. The lowest BCUT2D eigenvalue weighted by molar-refractivity contribution is 0.0704. The highest BCUT2D eigenvalue weighted by atomic mass is 32.1. The minimum Gasteiger partial charge on any atom is -0.339 e. The third-order valence-corrected chi connectivity index (χ3v) is 5.42. The molecule has 1 saturated heterocycles. The Morgan fingerprint density at radius 2 is 2.12 bits per heavy atom. The van der Waals surface area contributed by atoms with E-state index in [9.17, 15) is 4.79 Å². The van der Waals surface area contributed by atoms with Crippen LogP contribution in [0.3, 0.4) is 0 Å². The van der Waals surface area contributed by atoms with Gasteiger partial charge >= 0.3 is 0 Å². The number of carbonyl (C=O) groups excluding carboxylic acids is 1. The standard InChI is InChI=1S/C19H16N4O2S/c20-12-13-3-1-4-15(11-13)19(24)23-8-6-14(7-9-23)18-21-17(22-25-18)16-5-2-10-26-16/h1-5,10-11,14H,6-9H2. The lowest BCUT2D eigenvalue weighted by Gasteiger charge is -2.30. The zero-order valence-electron chi connectivity index (χ0n) is 14.0. The fourth-order valence-electron chi connectivity index (χ4n) is 3.14. The van der Waals surface area contributed by atoms with Gasteiger partial charge in [0.15, 0.2) is 0 Å². The van der Waals surface area contributed by atoms with Gasteiger partial charge in [-0.3, -0.25) is 4.79 Å². The summed E-state index contributed by atoms with van der Waals surface area (Å²) in [5.74, 6) is 1.41. The van der Waals surface area contributed by atoms with Gasteiger partial charge < -0.3 is 9.42 Å². The van der Waals surface area contributed by atoms with E-state index in [-0.39, 0.29) is 11.8 Å². The van der Waals surface area contributed by atoms with Gasteiger partial charge in [0, 0.05) is 24.6 Å². The van der Waals surface area contributed by atoms with Gasteiger partial charge in [-0.25, -0.2) is 0 Å². The van der Waals surface area contributed by atoms with Crippen LogP contribution in [-0.4, -0.2) is 34.0 Å². The molecule has 130 valence electrons. The SMILES string of the molecule is N#Cc1cccc(C(=O)N2CCC(c3nc(-c4cccs4)no3)CC2)c1. The minimum atomic E-state index is -0.0367. The molecule has 0 unspecified atom stereocenters. The predicted octanol–water partition coefficient (Wildman–Crippen LogP) is 3.69. The molecule has 1 aromatic carbocycles. The predicted molar refractivity (Wildman–Crippen MR) is 96.6 cm³/mol. The van der Waals surface area contributed by atoms with E-state index in [0.29, 0.717) is 35.9 Å². The summed E-state index contributed by atoms with van der Waals surface area (Å²) in [6, 6.07) is 12.8. The highest BCUT2D eigenvalue weighted by Gasteiger charge is 2.28. The molecule has 1 fully saturated rings. The van der Waals surface area contributed by atoms with Crippen LogP contribution in [0.15, 0.2) is 46.3 Å². The normalized spacial score (nSPS) is 15.0. The fraction of sp³-hybridized carbons (Fsp3) is 0.263. The lowest BCUT2D eigenvalue weighted by Crippen LogP contribution is -2.38. The quantitative estimate of drug-likeness (QED) is 0.708. The van der Waals surface area contributed by atoms with Gasteiger partial charge in [-0.1, -0.05) is 17.3 Å². The van der Waals surface area contributed by atoms with Gasteiger partial charge in [-0.2, -0.15) is 10.2 Å². The summed E-state index contributed by atoms with van der Waals surface area (Å²) in [5, 5.41) is 15.0. The molecule has 2 aromatic heterocycles. The first kappa shape index (κ1) is 16.5. The molecule has 7 heteroatoms. The Kier molecular flexibility index (Phi) is 4.50. The Hall–Kier alpha value is -2.98. The lowest BCUT2D eigenvalue weighted by atomic mass is 9.96. The Labute approximate surface area is 154 Å². The molecule has 26 heavy (non-hydrogen) atoms. The maximum Gasteiger partial charge on any atom is 0.253 e. The molecule has 3 heterocycles. The molecule has 0 radical (unpaired) electrons. The Balaban J connectivity index is 1.41. The smallest absolute Gasteiger partial charge is 0.253 e. The van der Waals surface area contributed by atoms with E-state index in [2.05, 4.69) is 16.2 Å². The minimum absolute atomic E-state index is 0.0367. The van der Waals surface area contributed by atoms with Gasteiger partial charge in [-0.15, -0.1) is 11.3 Å². The summed E-state index contributed by atoms with van der Waals surface area (Å²) in [5.41, 5.74) is 1.05. The van der Waals surface area contributed by atoms with Gasteiger partial charge in [0.1, 0.15) is 0 Å². The maximum absolute atomic E-state index is 12.6. The van der Waals surface area contributed by atoms with E-state index >= 15 is 0 Å². The number of carbonyl (C=O) groups is 1. The second kappa shape index (κ2) is 7.10. The summed E-state index contributed by atoms with van der Waals surface area (Å²) in [4.78, 5) is 20.0. The number of nitriles is 1. The molecular weight excluding hydrogens is 348 g/mol. The van der Waals surface area contributed by atoms with Crippen LogP contribution in [0.2, 0.25) is 0 Å². The van der Waals surface area contributed by atoms with Crippen LogP contribution in [0.4, 0.5) is 0 Å². The van der Waals surface area contributed by atoms with Crippen molar-refractivity contribution in [3.63, 3.8) is 0 Å². The fourth-order valence-corrected chi connectivity index (χ4v) is 3.79.